The van der Waals surface area contributed by atoms with Crippen molar-refractivity contribution in [3.8, 4) is 22.9 Å². The Bertz CT molecular complexity index is 939. The third-order valence-electron chi connectivity index (χ3n) is 4.05. The van der Waals surface area contributed by atoms with Crippen LogP contribution < -0.4 is 14.4 Å². The second kappa shape index (κ2) is 5.90. The quantitative estimate of drug-likeness (QED) is 0.783. The molecule has 0 fully saturated rings. The Morgan fingerprint density at radius 3 is 2.80 bits per heavy atom. The summed E-state index contributed by atoms with van der Waals surface area (Å²) in [6, 6.07) is 7.14. The van der Waals surface area contributed by atoms with Gasteiger partial charge in [0.2, 0.25) is 0 Å². The van der Waals surface area contributed by atoms with Crippen molar-refractivity contribution in [2.75, 3.05) is 19.1 Å². The summed E-state index contributed by atoms with van der Waals surface area (Å²) in [5.41, 5.74) is 2.79. The molecule has 1 aliphatic rings. The van der Waals surface area contributed by atoms with Gasteiger partial charge in [-0.1, -0.05) is 0 Å². The van der Waals surface area contributed by atoms with Gasteiger partial charge in [0, 0.05) is 24.0 Å². The van der Waals surface area contributed by atoms with Crippen LogP contribution in [0.15, 0.2) is 36.7 Å². The van der Waals surface area contributed by atoms with E-state index in [1.165, 1.54) is 7.11 Å². The van der Waals surface area contributed by atoms with E-state index in [0.29, 0.717) is 40.9 Å². The van der Waals surface area contributed by atoms with Crippen molar-refractivity contribution < 1.29 is 14.3 Å². The summed E-state index contributed by atoms with van der Waals surface area (Å²) < 4.78 is 10.4. The van der Waals surface area contributed by atoms with Crippen LogP contribution >= 0.6 is 0 Å². The van der Waals surface area contributed by atoms with Crippen molar-refractivity contribution in [1.82, 2.24) is 20.2 Å². The summed E-state index contributed by atoms with van der Waals surface area (Å²) in [7, 11) is 3.09. The van der Waals surface area contributed by atoms with E-state index in [1.807, 2.05) is 6.07 Å². The fraction of sp³-hybridized carbons (Fsp3) is 0.176. The van der Waals surface area contributed by atoms with Crippen LogP contribution in [-0.4, -0.2) is 40.3 Å². The van der Waals surface area contributed by atoms with Crippen LogP contribution in [0.25, 0.3) is 11.3 Å². The first-order chi connectivity index (χ1) is 12.2. The van der Waals surface area contributed by atoms with Crippen LogP contribution in [0.5, 0.6) is 11.6 Å². The molecule has 126 valence electrons. The topological polar surface area (TPSA) is 93.2 Å². The summed E-state index contributed by atoms with van der Waals surface area (Å²) in [5, 5.41) is 6.78. The van der Waals surface area contributed by atoms with Crippen molar-refractivity contribution in [1.29, 1.82) is 0 Å². The van der Waals surface area contributed by atoms with Gasteiger partial charge in [-0.15, -0.1) is 0 Å². The highest BCUT2D eigenvalue weighted by atomic mass is 16.5. The molecule has 1 amide bonds. The molecule has 4 heterocycles. The summed E-state index contributed by atoms with van der Waals surface area (Å²) >= 11 is 0. The van der Waals surface area contributed by atoms with E-state index < -0.39 is 0 Å². The van der Waals surface area contributed by atoms with E-state index >= 15 is 0 Å². The maximum atomic E-state index is 12.5. The number of carbonyl (C=O) groups excluding carboxylic acids is 1. The van der Waals surface area contributed by atoms with E-state index in [1.54, 1.807) is 42.6 Å². The molecule has 0 saturated heterocycles. The number of aromatic nitrogens is 4. The Morgan fingerprint density at radius 2 is 2.08 bits per heavy atom. The zero-order valence-electron chi connectivity index (χ0n) is 13.7. The lowest BCUT2D eigenvalue weighted by Gasteiger charge is -2.10. The maximum absolute atomic E-state index is 12.5. The van der Waals surface area contributed by atoms with Crippen molar-refractivity contribution in [2.45, 2.75) is 6.54 Å². The number of pyridine rings is 2. The predicted octanol–water partition coefficient (Wildman–Crippen LogP) is 2.04. The van der Waals surface area contributed by atoms with Crippen molar-refractivity contribution >= 4 is 11.7 Å². The molecule has 0 unspecified atom stereocenters. The molecule has 0 aromatic carbocycles. The molecule has 3 aromatic heterocycles. The van der Waals surface area contributed by atoms with Gasteiger partial charge in [0.1, 0.15) is 0 Å². The number of ether oxygens (including phenoxy) is 2. The molecule has 8 nitrogen and oxygen atoms in total. The fourth-order valence-corrected chi connectivity index (χ4v) is 2.80. The van der Waals surface area contributed by atoms with E-state index in [4.69, 9.17) is 9.47 Å². The second-order valence-corrected chi connectivity index (χ2v) is 5.45. The number of hydrogen-bond acceptors (Lipinski definition) is 6. The number of carbonyl (C=O) groups is 1. The second-order valence-electron chi connectivity index (χ2n) is 5.45. The number of aromatic amines is 1. The predicted molar refractivity (Wildman–Crippen MR) is 89.7 cm³/mol. The molecule has 4 rings (SSSR count). The molecule has 0 aliphatic carbocycles. The van der Waals surface area contributed by atoms with Gasteiger partial charge in [0.05, 0.1) is 37.7 Å². The SMILES string of the molecule is COc1cc(-c2ccc3c(n2)CN(c2cc[nH]n2)C3=O)cnc1OC. The van der Waals surface area contributed by atoms with Gasteiger partial charge in [-0.3, -0.25) is 19.8 Å². The van der Waals surface area contributed by atoms with Gasteiger partial charge in [0.15, 0.2) is 11.6 Å². The van der Waals surface area contributed by atoms with Crippen molar-refractivity contribution in [3.05, 3.63) is 47.9 Å². The number of methoxy groups -OCH3 is 2. The zero-order chi connectivity index (χ0) is 17.4. The number of hydrogen-bond donors (Lipinski definition) is 1. The smallest absolute Gasteiger partial charge is 0.261 e. The minimum absolute atomic E-state index is 0.105. The van der Waals surface area contributed by atoms with E-state index in [9.17, 15) is 4.79 Å². The van der Waals surface area contributed by atoms with Crippen LogP contribution in [-0.2, 0) is 6.54 Å². The molecule has 8 heteroatoms. The van der Waals surface area contributed by atoms with Crippen LogP contribution in [0.2, 0.25) is 0 Å². The molecule has 0 bridgehead atoms. The summed E-state index contributed by atoms with van der Waals surface area (Å²) in [4.78, 5) is 23.0. The van der Waals surface area contributed by atoms with E-state index in [0.717, 1.165) is 5.56 Å². The summed E-state index contributed by atoms with van der Waals surface area (Å²) in [6.45, 7) is 0.383. The highest BCUT2D eigenvalue weighted by molar-refractivity contribution is 6.09. The molecule has 25 heavy (non-hydrogen) atoms. The Labute approximate surface area is 143 Å². The third kappa shape index (κ3) is 2.47. The highest BCUT2D eigenvalue weighted by Crippen LogP contribution is 2.31. The van der Waals surface area contributed by atoms with Gasteiger partial charge in [-0.25, -0.2) is 4.98 Å². The number of H-pyrrole nitrogens is 1. The lowest BCUT2D eigenvalue weighted by Crippen LogP contribution is -2.23. The monoisotopic (exact) mass is 337 g/mol. The van der Waals surface area contributed by atoms with Gasteiger partial charge < -0.3 is 9.47 Å². The largest absolute Gasteiger partial charge is 0.491 e. The zero-order valence-corrected chi connectivity index (χ0v) is 13.7. The average Bonchev–Trinajstić information content (AvgIpc) is 3.29. The molecule has 1 aliphatic heterocycles. The van der Waals surface area contributed by atoms with Crippen LogP contribution in [0.3, 0.4) is 0 Å². The molecule has 0 radical (unpaired) electrons. The van der Waals surface area contributed by atoms with Gasteiger partial charge >= 0.3 is 0 Å². The lowest BCUT2D eigenvalue weighted by molar-refractivity contribution is 0.0996. The first-order valence-corrected chi connectivity index (χ1v) is 7.61. The number of fused-ring (bicyclic) bond motifs is 1. The van der Waals surface area contributed by atoms with Crippen LogP contribution in [0.1, 0.15) is 16.1 Å². The maximum Gasteiger partial charge on any atom is 0.261 e. The summed E-state index contributed by atoms with van der Waals surface area (Å²) in [5.74, 6) is 1.41. The third-order valence-corrected chi connectivity index (χ3v) is 4.05. The number of nitrogens with zero attached hydrogens (tertiary/aromatic N) is 4. The standard InChI is InChI=1S/C17H15N5O3/c1-24-14-7-10(8-18-16(14)25-2)12-4-3-11-13(20-12)9-22(17(11)23)15-5-6-19-21-15/h3-8H,9H2,1-2H3,(H,19,21). The van der Waals surface area contributed by atoms with Crippen LogP contribution in [0, 0.1) is 0 Å². The van der Waals surface area contributed by atoms with E-state index in [2.05, 4.69) is 20.2 Å². The molecule has 0 spiro atoms. The van der Waals surface area contributed by atoms with Gasteiger partial charge in [-0.05, 0) is 18.2 Å². The number of rotatable bonds is 4. The molecule has 3 aromatic rings. The molecule has 0 atom stereocenters. The van der Waals surface area contributed by atoms with Crippen molar-refractivity contribution in [2.24, 2.45) is 0 Å². The van der Waals surface area contributed by atoms with Crippen molar-refractivity contribution in [3.63, 3.8) is 0 Å². The fourth-order valence-electron chi connectivity index (χ4n) is 2.80. The minimum atomic E-state index is -0.105. The Hall–Kier alpha value is -3.42. The van der Waals surface area contributed by atoms with Gasteiger partial charge in [0.25, 0.3) is 11.8 Å². The summed E-state index contributed by atoms with van der Waals surface area (Å²) in [6.07, 6.45) is 3.35. The highest BCUT2D eigenvalue weighted by Gasteiger charge is 2.31. The Kier molecular flexibility index (Phi) is 3.57. The average molecular weight is 337 g/mol. The van der Waals surface area contributed by atoms with E-state index in [-0.39, 0.29) is 5.91 Å². The Morgan fingerprint density at radius 1 is 1.20 bits per heavy atom. The number of nitrogens with one attached hydrogen (secondary N) is 1. The number of amides is 1. The lowest BCUT2D eigenvalue weighted by atomic mass is 10.1. The minimum Gasteiger partial charge on any atom is -0.491 e. The first-order valence-electron chi connectivity index (χ1n) is 7.61. The first kappa shape index (κ1) is 15.1. The number of anilines is 1. The normalized spacial score (nSPS) is 13.0. The molecule has 1 N–H and O–H groups in total. The molecule has 0 saturated carbocycles. The van der Waals surface area contributed by atoms with Gasteiger partial charge in [-0.2, -0.15) is 5.10 Å². The van der Waals surface area contributed by atoms with Crippen LogP contribution in [0.4, 0.5) is 5.82 Å². The Balaban J connectivity index is 1.70. The molecular weight excluding hydrogens is 322 g/mol. The molecular formula is C17H15N5O3.